The highest BCUT2D eigenvalue weighted by Gasteiger charge is 2.05. The molecule has 130 valence electrons. The number of halogens is 6. The van der Waals surface area contributed by atoms with Gasteiger partial charge in [-0.2, -0.15) is 29.9 Å². The van der Waals surface area contributed by atoms with E-state index in [0.717, 1.165) is 0 Å². The molecule has 0 bridgehead atoms. The first-order chi connectivity index (χ1) is 11.8. The summed E-state index contributed by atoms with van der Waals surface area (Å²) in [5.41, 5.74) is 0.669. The number of nitrogens with zero attached hydrogens (tertiary/aromatic N) is 6. The molecule has 0 aliphatic rings. The van der Waals surface area contributed by atoms with Gasteiger partial charge in [-0.15, -0.1) is 0 Å². The predicted molar refractivity (Wildman–Crippen MR) is 99.4 cm³/mol. The molecule has 25 heavy (non-hydrogen) atoms. The zero-order valence-electron chi connectivity index (χ0n) is 11.8. The number of anilines is 2. The third-order valence-corrected chi connectivity index (χ3v) is 3.43. The van der Waals surface area contributed by atoms with Crippen LogP contribution in [-0.2, 0) is 0 Å². The first kappa shape index (κ1) is 20.1. The first-order valence-corrected chi connectivity index (χ1v) is 8.41. The fraction of sp³-hybridized carbons (Fsp3) is 0. The van der Waals surface area contributed by atoms with E-state index in [1.165, 1.54) is 0 Å². The fourth-order valence-electron chi connectivity index (χ4n) is 1.37. The lowest BCUT2D eigenvalue weighted by molar-refractivity contribution is 1.05. The first-order valence-electron chi connectivity index (χ1n) is 6.14. The van der Waals surface area contributed by atoms with Crippen LogP contribution in [0.2, 0.25) is 31.4 Å². The molecule has 3 rings (SSSR count). The van der Waals surface area contributed by atoms with E-state index in [0.29, 0.717) is 10.7 Å². The van der Waals surface area contributed by atoms with Crippen molar-refractivity contribution in [2.75, 3.05) is 5.32 Å². The Bertz CT molecular complexity index is 808. The number of hydrogen-bond donors (Lipinski definition) is 1. The van der Waals surface area contributed by atoms with Gasteiger partial charge in [0.2, 0.25) is 32.4 Å². The van der Waals surface area contributed by atoms with Crippen LogP contribution in [0.4, 0.5) is 11.6 Å². The molecule has 0 aliphatic heterocycles. The van der Waals surface area contributed by atoms with Crippen LogP contribution >= 0.6 is 69.6 Å². The maximum atomic E-state index is 5.95. The Hall–Kier alpha value is -1.22. The topological polar surface area (TPSA) is 89.4 Å². The molecule has 0 spiro atoms. The predicted octanol–water partition coefficient (Wildman–Crippen LogP) is 5.41. The van der Waals surface area contributed by atoms with Crippen molar-refractivity contribution in [1.29, 1.82) is 0 Å². The standard InChI is InChI=1S/C9H5Cl3N4.C3Cl3N3/c10-5-3-1-2-4-6(5)13-9-15-7(11)14-8(12)16-9;4-1-7-2(5)9-3(6)8-1/h1-4H,(H,13,14,15,16);. The van der Waals surface area contributed by atoms with Gasteiger partial charge in [-0.1, -0.05) is 23.7 Å². The smallest absolute Gasteiger partial charge is 0.232 e. The van der Waals surface area contributed by atoms with Gasteiger partial charge >= 0.3 is 0 Å². The fourth-order valence-corrected chi connectivity index (χ4v) is 2.52. The van der Waals surface area contributed by atoms with E-state index in [2.05, 4.69) is 35.2 Å². The van der Waals surface area contributed by atoms with Crippen molar-refractivity contribution >= 4 is 81.2 Å². The molecular weight excluding hydrogens is 455 g/mol. The summed E-state index contributed by atoms with van der Waals surface area (Å²) in [6.07, 6.45) is 0. The molecule has 2 aromatic heterocycles. The molecular formula is C12H5Cl6N7. The van der Waals surface area contributed by atoms with Crippen molar-refractivity contribution in [3.63, 3.8) is 0 Å². The molecule has 13 heteroatoms. The minimum atomic E-state index is 0.000000000000000444. The Kier molecular flexibility index (Phi) is 7.61. The Labute approximate surface area is 171 Å². The molecule has 0 radical (unpaired) electrons. The van der Waals surface area contributed by atoms with Gasteiger partial charge in [-0.25, -0.2) is 0 Å². The van der Waals surface area contributed by atoms with Crippen LogP contribution in [0.3, 0.4) is 0 Å². The normalized spacial score (nSPS) is 10.0. The van der Waals surface area contributed by atoms with Crippen molar-refractivity contribution < 1.29 is 0 Å². The molecule has 2 heterocycles. The second-order valence-electron chi connectivity index (χ2n) is 3.94. The van der Waals surface area contributed by atoms with E-state index in [1.807, 2.05) is 12.1 Å². The SMILES string of the molecule is Clc1nc(Cl)nc(Cl)n1.Clc1nc(Cl)nc(Nc2ccccc2Cl)n1. The van der Waals surface area contributed by atoms with Crippen LogP contribution in [0.15, 0.2) is 24.3 Å². The van der Waals surface area contributed by atoms with Crippen molar-refractivity contribution in [3.8, 4) is 0 Å². The van der Waals surface area contributed by atoms with Crippen LogP contribution in [0, 0.1) is 0 Å². The lowest BCUT2D eigenvalue weighted by atomic mass is 10.3. The second kappa shape index (κ2) is 9.47. The second-order valence-corrected chi connectivity index (χ2v) is 6.04. The summed E-state index contributed by atoms with van der Waals surface area (Å²) < 4.78 is 0. The quantitative estimate of drug-likeness (QED) is 0.548. The molecule has 3 aromatic rings. The molecule has 0 unspecified atom stereocenters. The van der Waals surface area contributed by atoms with Gasteiger partial charge in [0.15, 0.2) is 0 Å². The van der Waals surface area contributed by atoms with E-state index in [-0.39, 0.29) is 32.4 Å². The largest absolute Gasteiger partial charge is 0.323 e. The summed E-state index contributed by atoms with van der Waals surface area (Å²) in [4.78, 5) is 21.7. The van der Waals surface area contributed by atoms with Crippen molar-refractivity contribution in [1.82, 2.24) is 29.9 Å². The van der Waals surface area contributed by atoms with Crippen LogP contribution in [0.25, 0.3) is 0 Å². The molecule has 0 fully saturated rings. The number of hydrogen-bond acceptors (Lipinski definition) is 7. The van der Waals surface area contributed by atoms with Gasteiger partial charge in [-0.05, 0) is 70.1 Å². The van der Waals surface area contributed by atoms with E-state index in [1.54, 1.807) is 12.1 Å². The summed E-state index contributed by atoms with van der Waals surface area (Å²) in [6, 6.07) is 7.18. The maximum Gasteiger partial charge on any atom is 0.232 e. The number of nitrogens with one attached hydrogen (secondary N) is 1. The lowest BCUT2D eigenvalue weighted by Crippen LogP contribution is -1.99. The number of aromatic nitrogens is 6. The van der Waals surface area contributed by atoms with Gasteiger partial charge in [-0.3, -0.25) is 0 Å². The number of benzene rings is 1. The molecule has 0 saturated carbocycles. The summed E-state index contributed by atoms with van der Waals surface area (Å²) in [7, 11) is 0. The van der Waals surface area contributed by atoms with Crippen LogP contribution in [0.1, 0.15) is 0 Å². The average Bonchev–Trinajstić information content (AvgIpc) is 2.48. The summed E-state index contributed by atoms with van der Waals surface area (Å²) in [6.45, 7) is 0. The highest BCUT2D eigenvalue weighted by molar-refractivity contribution is 6.34. The van der Waals surface area contributed by atoms with Gasteiger partial charge in [0.05, 0.1) is 10.7 Å². The molecule has 1 N–H and O–H groups in total. The third kappa shape index (κ3) is 6.89. The highest BCUT2D eigenvalue weighted by Crippen LogP contribution is 2.23. The van der Waals surface area contributed by atoms with Gasteiger partial charge in [0.25, 0.3) is 0 Å². The number of rotatable bonds is 2. The zero-order valence-corrected chi connectivity index (χ0v) is 16.3. The average molecular weight is 460 g/mol. The Balaban J connectivity index is 0.000000212. The Morgan fingerprint density at radius 2 is 0.960 bits per heavy atom. The lowest BCUT2D eigenvalue weighted by Gasteiger charge is -2.06. The van der Waals surface area contributed by atoms with Crippen molar-refractivity contribution in [3.05, 3.63) is 55.7 Å². The summed E-state index contributed by atoms with van der Waals surface area (Å²) >= 11 is 33.2. The third-order valence-electron chi connectivity index (χ3n) is 2.25. The zero-order chi connectivity index (χ0) is 18.4. The van der Waals surface area contributed by atoms with Crippen LogP contribution < -0.4 is 5.32 Å². The van der Waals surface area contributed by atoms with E-state index in [4.69, 9.17) is 69.6 Å². The monoisotopic (exact) mass is 457 g/mol. The summed E-state index contributed by atoms with van der Waals surface area (Å²) in [5, 5.41) is 3.49. The number of para-hydroxylation sites is 1. The molecule has 0 saturated heterocycles. The van der Waals surface area contributed by atoms with E-state index in [9.17, 15) is 0 Å². The molecule has 0 amide bonds. The van der Waals surface area contributed by atoms with Gasteiger partial charge in [0.1, 0.15) is 0 Å². The van der Waals surface area contributed by atoms with E-state index < -0.39 is 0 Å². The van der Waals surface area contributed by atoms with Crippen LogP contribution in [-0.4, -0.2) is 29.9 Å². The van der Waals surface area contributed by atoms with E-state index >= 15 is 0 Å². The summed E-state index contributed by atoms with van der Waals surface area (Å²) in [5.74, 6) is 0.248. The van der Waals surface area contributed by atoms with Gasteiger partial charge in [0, 0.05) is 0 Å². The molecule has 1 aromatic carbocycles. The Morgan fingerprint density at radius 3 is 1.40 bits per heavy atom. The van der Waals surface area contributed by atoms with Gasteiger partial charge < -0.3 is 5.32 Å². The molecule has 0 atom stereocenters. The maximum absolute atomic E-state index is 5.95. The minimum Gasteiger partial charge on any atom is -0.323 e. The Morgan fingerprint density at radius 1 is 0.560 bits per heavy atom. The molecule has 7 nitrogen and oxygen atoms in total. The van der Waals surface area contributed by atoms with Crippen molar-refractivity contribution in [2.45, 2.75) is 0 Å². The van der Waals surface area contributed by atoms with Crippen LogP contribution in [0.5, 0.6) is 0 Å². The molecule has 0 aliphatic carbocycles. The highest BCUT2D eigenvalue weighted by atomic mass is 35.5. The minimum absolute atomic E-state index is 0.000000000000000444. The van der Waals surface area contributed by atoms with Crippen molar-refractivity contribution in [2.24, 2.45) is 0 Å².